The van der Waals surface area contributed by atoms with Crippen molar-refractivity contribution >= 4 is 17.5 Å². The second kappa shape index (κ2) is 3.87. The van der Waals surface area contributed by atoms with Crippen molar-refractivity contribution in [2.24, 2.45) is 5.92 Å². The van der Waals surface area contributed by atoms with Crippen LogP contribution in [0.5, 0.6) is 0 Å². The van der Waals surface area contributed by atoms with Crippen LogP contribution in [0.25, 0.3) is 0 Å². The van der Waals surface area contributed by atoms with Crippen molar-refractivity contribution in [1.29, 1.82) is 0 Å². The summed E-state index contributed by atoms with van der Waals surface area (Å²) in [5.41, 5.74) is 5.53. The minimum absolute atomic E-state index is 0.100. The van der Waals surface area contributed by atoms with Crippen LogP contribution in [0.1, 0.15) is 12.8 Å². The molecule has 6 heteroatoms. The first-order valence-corrected chi connectivity index (χ1v) is 5.89. The number of carbonyl (C=O) groups is 1. The molecule has 0 radical (unpaired) electrons. The Morgan fingerprint density at radius 1 is 1.41 bits per heavy atom. The number of carbonyl (C=O) groups excluding carboxylic acids is 1. The average Bonchev–Trinajstić information content (AvgIpc) is 2.73. The highest BCUT2D eigenvalue weighted by molar-refractivity contribution is 5.83. The van der Waals surface area contributed by atoms with Gasteiger partial charge in [-0.1, -0.05) is 0 Å². The summed E-state index contributed by atoms with van der Waals surface area (Å²) < 4.78 is 0. The molecule has 90 valence electrons. The number of nitrogens with zero attached hydrogens (tertiary/aromatic N) is 3. The third-order valence-electron chi connectivity index (χ3n) is 3.57. The number of hydrogen-bond donors (Lipinski definition) is 2. The molecule has 1 aromatic heterocycles. The minimum Gasteiger partial charge on any atom is -0.382 e. The Balaban J connectivity index is 1.87. The minimum atomic E-state index is 0.100. The van der Waals surface area contributed by atoms with Gasteiger partial charge in [-0.3, -0.25) is 4.79 Å². The number of anilines is 2. The molecule has 3 heterocycles. The third kappa shape index (κ3) is 1.69. The number of nitrogens with one attached hydrogen (secondary N) is 1. The van der Waals surface area contributed by atoms with Gasteiger partial charge in [0.25, 0.3) is 0 Å². The van der Waals surface area contributed by atoms with Crippen molar-refractivity contribution in [3.05, 3.63) is 12.1 Å². The molecule has 0 saturated carbocycles. The van der Waals surface area contributed by atoms with E-state index in [-0.39, 0.29) is 17.9 Å². The number of amides is 1. The highest BCUT2D eigenvalue weighted by atomic mass is 16.2. The molecule has 2 aliphatic heterocycles. The van der Waals surface area contributed by atoms with E-state index >= 15 is 0 Å². The number of nitrogen functional groups attached to an aromatic ring is 1. The highest BCUT2D eigenvalue weighted by Gasteiger charge is 2.41. The van der Waals surface area contributed by atoms with Crippen LogP contribution in [-0.4, -0.2) is 35.2 Å². The molecule has 3 rings (SSSR count). The molecule has 2 fully saturated rings. The topological polar surface area (TPSA) is 84.1 Å². The van der Waals surface area contributed by atoms with Crippen LogP contribution in [0.3, 0.4) is 0 Å². The van der Waals surface area contributed by atoms with Crippen LogP contribution in [0.15, 0.2) is 12.1 Å². The molecule has 2 unspecified atom stereocenters. The SMILES string of the molecule is Nc1ccc(N2CCCC3C(=O)NCC32)nn1. The van der Waals surface area contributed by atoms with Crippen molar-refractivity contribution in [3.63, 3.8) is 0 Å². The summed E-state index contributed by atoms with van der Waals surface area (Å²) in [4.78, 5) is 13.8. The maximum Gasteiger partial charge on any atom is 0.225 e. The van der Waals surface area contributed by atoms with Gasteiger partial charge in [0.05, 0.1) is 12.0 Å². The number of rotatable bonds is 1. The molecule has 17 heavy (non-hydrogen) atoms. The van der Waals surface area contributed by atoms with E-state index in [0.717, 1.165) is 25.2 Å². The number of piperidine rings is 1. The lowest BCUT2D eigenvalue weighted by atomic mass is 9.91. The Morgan fingerprint density at radius 3 is 3.06 bits per heavy atom. The summed E-state index contributed by atoms with van der Waals surface area (Å²) in [6.45, 7) is 1.63. The lowest BCUT2D eigenvalue weighted by molar-refractivity contribution is -0.122. The van der Waals surface area contributed by atoms with Gasteiger partial charge in [-0.15, -0.1) is 10.2 Å². The lowest BCUT2D eigenvalue weighted by Crippen LogP contribution is -2.46. The fourth-order valence-corrected chi connectivity index (χ4v) is 2.72. The summed E-state index contributed by atoms with van der Waals surface area (Å²) in [5.74, 6) is 1.50. The maximum atomic E-state index is 11.6. The first-order valence-electron chi connectivity index (χ1n) is 5.89. The van der Waals surface area contributed by atoms with Gasteiger partial charge in [0, 0.05) is 13.1 Å². The molecule has 2 aliphatic rings. The first-order chi connectivity index (χ1) is 8.25. The Bertz CT molecular complexity index is 432. The van der Waals surface area contributed by atoms with Crippen LogP contribution in [0.4, 0.5) is 11.6 Å². The van der Waals surface area contributed by atoms with Gasteiger partial charge in [0.1, 0.15) is 5.82 Å². The van der Waals surface area contributed by atoms with Crippen molar-refractivity contribution in [1.82, 2.24) is 15.5 Å². The van der Waals surface area contributed by atoms with E-state index in [9.17, 15) is 4.79 Å². The monoisotopic (exact) mass is 233 g/mol. The van der Waals surface area contributed by atoms with Gasteiger partial charge >= 0.3 is 0 Å². The smallest absolute Gasteiger partial charge is 0.225 e. The van der Waals surface area contributed by atoms with Crippen molar-refractivity contribution in [3.8, 4) is 0 Å². The molecule has 0 spiro atoms. The maximum absolute atomic E-state index is 11.6. The number of aromatic nitrogens is 2. The van der Waals surface area contributed by atoms with Crippen molar-refractivity contribution < 1.29 is 4.79 Å². The van der Waals surface area contributed by atoms with Crippen LogP contribution in [0.2, 0.25) is 0 Å². The number of nitrogens with two attached hydrogens (primary N) is 1. The average molecular weight is 233 g/mol. The van der Waals surface area contributed by atoms with E-state index in [1.54, 1.807) is 6.07 Å². The number of fused-ring (bicyclic) bond motifs is 1. The van der Waals surface area contributed by atoms with Gasteiger partial charge in [0.2, 0.25) is 5.91 Å². The summed E-state index contributed by atoms with van der Waals surface area (Å²) in [6.07, 6.45) is 1.98. The molecule has 0 bridgehead atoms. The van der Waals surface area contributed by atoms with Gasteiger partial charge in [0.15, 0.2) is 5.82 Å². The third-order valence-corrected chi connectivity index (χ3v) is 3.57. The fourth-order valence-electron chi connectivity index (χ4n) is 2.72. The molecule has 2 saturated heterocycles. The molecule has 1 amide bonds. The van der Waals surface area contributed by atoms with Gasteiger partial charge in [-0.25, -0.2) is 0 Å². The molecule has 3 N–H and O–H groups in total. The molecular weight excluding hydrogens is 218 g/mol. The Hall–Kier alpha value is -1.85. The van der Waals surface area contributed by atoms with Crippen LogP contribution < -0.4 is 16.0 Å². The second-order valence-electron chi connectivity index (χ2n) is 4.57. The first kappa shape index (κ1) is 10.3. The van der Waals surface area contributed by atoms with E-state index in [0.29, 0.717) is 12.4 Å². The highest BCUT2D eigenvalue weighted by Crippen LogP contribution is 2.30. The van der Waals surface area contributed by atoms with E-state index in [4.69, 9.17) is 5.73 Å². The van der Waals surface area contributed by atoms with Crippen molar-refractivity contribution in [2.75, 3.05) is 23.7 Å². The van der Waals surface area contributed by atoms with E-state index in [2.05, 4.69) is 20.4 Å². The van der Waals surface area contributed by atoms with Crippen LogP contribution in [-0.2, 0) is 4.79 Å². The van der Waals surface area contributed by atoms with E-state index in [1.807, 2.05) is 6.07 Å². The second-order valence-corrected chi connectivity index (χ2v) is 4.57. The van der Waals surface area contributed by atoms with Gasteiger partial charge in [-0.2, -0.15) is 0 Å². The predicted octanol–water partition coefficient (Wildman–Crippen LogP) is -0.226. The molecule has 0 aromatic carbocycles. The summed E-state index contributed by atoms with van der Waals surface area (Å²) in [5, 5.41) is 10.9. The summed E-state index contributed by atoms with van der Waals surface area (Å²) in [6, 6.07) is 3.83. The molecule has 1 aromatic rings. The standard InChI is InChI=1S/C11H15N5O/c12-9-3-4-10(15-14-9)16-5-1-2-7-8(16)6-13-11(7)17/h3-4,7-8H,1-2,5-6H2,(H2,12,14)(H,13,17). The summed E-state index contributed by atoms with van der Waals surface area (Å²) in [7, 11) is 0. The zero-order valence-electron chi connectivity index (χ0n) is 9.47. The molecule has 2 atom stereocenters. The van der Waals surface area contributed by atoms with E-state index < -0.39 is 0 Å². The van der Waals surface area contributed by atoms with Gasteiger partial charge in [-0.05, 0) is 25.0 Å². The normalized spacial score (nSPS) is 27.8. The zero-order chi connectivity index (χ0) is 11.8. The molecular formula is C11H15N5O. The van der Waals surface area contributed by atoms with Gasteiger partial charge < -0.3 is 16.0 Å². The van der Waals surface area contributed by atoms with E-state index in [1.165, 1.54) is 0 Å². The quantitative estimate of drug-likeness (QED) is 0.700. The molecule has 0 aliphatic carbocycles. The number of hydrogen-bond acceptors (Lipinski definition) is 5. The predicted molar refractivity (Wildman–Crippen MR) is 63.3 cm³/mol. The Labute approximate surface area is 99.2 Å². The lowest BCUT2D eigenvalue weighted by Gasteiger charge is -2.36. The van der Waals surface area contributed by atoms with Crippen molar-refractivity contribution in [2.45, 2.75) is 18.9 Å². The Kier molecular flexibility index (Phi) is 2.35. The molecule has 6 nitrogen and oxygen atoms in total. The Morgan fingerprint density at radius 2 is 2.29 bits per heavy atom. The van der Waals surface area contributed by atoms with Crippen LogP contribution in [0, 0.1) is 5.92 Å². The largest absolute Gasteiger partial charge is 0.382 e. The fraction of sp³-hybridized carbons (Fsp3) is 0.545. The zero-order valence-corrected chi connectivity index (χ0v) is 9.47. The van der Waals surface area contributed by atoms with Crippen LogP contribution >= 0.6 is 0 Å². The summed E-state index contributed by atoms with van der Waals surface area (Å²) >= 11 is 0.